The summed E-state index contributed by atoms with van der Waals surface area (Å²) in [6.07, 6.45) is 4.31. The molecule has 1 unspecified atom stereocenters. The monoisotopic (exact) mass is 272 g/mol. The molecule has 4 nitrogen and oxygen atoms in total. The second-order valence-electron chi connectivity index (χ2n) is 5.45. The van der Waals surface area contributed by atoms with Gasteiger partial charge in [0.1, 0.15) is 6.54 Å². The first-order valence-electron chi connectivity index (χ1n) is 7.16. The number of nitrogens with one attached hydrogen (secondary N) is 1. The van der Waals surface area contributed by atoms with Gasteiger partial charge >= 0.3 is 0 Å². The zero-order valence-corrected chi connectivity index (χ0v) is 11.8. The number of ether oxygens (including phenoxy) is 1. The largest absolute Gasteiger partial charge is 0.376 e. The molecule has 1 saturated heterocycles. The third kappa shape index (κ3) is 2.85. The average molecular weight is 272 g/mol. The number of hydrogen-bond donors (Lipinski definition) is 1. The molecule has 0 saturated carbocycles. The van der Waals surface area contributed by atoms with Crippen LogP contribution < -0.4 is 5.32 Å². The molecule has 20 heavy (non-hydrogen) atoms. The molecule has 1 atom stereocenters. The van der Waals surface area contributed by atoms with Gasteiger partial charge in [0.2, 0.25) is 5.91 Å². The highest BCUT2D eigenvalue weighted by Crippen LogP contribution is 2.17. The van der Waals surface area contributed by atoms with Gasteiger partial charge in [-0.25, -0.2) is 0 Å². The molecule has 0 bridgehead atoms. The lowest BCUT2D eigenvalue weighted by atomic mass is 10.2. The molecule has 1 N–H and O–H groups in total. The van der Waals surface area contributed by atoms with Gasteiger partial charge < -0.3 is 14.6 Å². The Hall–Kier alpha value is -1.81. The highest BCUT2D eigenvalue weighted by atomic mass is 16.5. The van der Waals surface area contributed by atoms with E-state index < -0.39 is 0 Å². The Kier molecular flexibility index (Phi) is 3.74. The summed E-state index contributed by atoms with van der Waals surface area (Å²) < 4.78 is 7.49. The smallest absolute Gasteiger partial charge is 0.240 e. The van der Waals surface area contributed by atoms with E-state index in [1.165, 1.54) is 10.9 Å². The predicted molar refractivity (Wildman–Crippen MR) is 78.7 cm³/mol. The van der Waals surface area contributed by atoms with Gasteiger partial charge in [0.15, 0.2) is 0 Å². The van der Waals surface area contributed by atoms with Crippen LogP contribution in [0, 0.1) is 6.92 Å². The normalized spacial score (nSPS) is 18.6. The molecular weight excluding hydrogens is 252 g/mol. The maximum absolute atomic E-state index is 12.0. The topological polar surface area (TPSA) is 43.3 Å². The fourth-order valence-corrected chi connectivity index (χ4v) is 2.70. The van der Waals surface area contributed by atoms with Gasteiger partial charge in [-0.05, 0) is 43.4 Å². The van der Waals surface area contributed by atoms with Gasteiger partial charge in [-0.3, -0.25) is 4.79 Å². The molecule has 2 aromatic rings. The number of carbonyl (C=O) groups is 1. The Balaban J connectivity index is 1.62. The second-order valence-corrected chi connectivity index (χ2v) is 5.45. The molecular formula is C16H20N2O2. The van der Waals surface area contributed by atoms with Crippen molar-refractivity contribution in [3.8, 4) is 0 Å². The van der Waals surface area contributed by atoms with Crippen molar-refractivity contribution in [1.29, 1.82) is 0 Å². The molecule has 3 rings (SSSR count). The average Bonchev–Trinajstić information content (AvgIpc) is 3.06. The molecule has 4 heteroatoms. The number of aryl methyl sites for hydroxylation is 1. The minimum Gasteiger partial charge on any atom is -0.376 e. The molecule has 1 amide bonds. The maximum atomic E-state index is 12.0. The number of hydrogen-bond acceptors (Lipinski definition) is 2. The highest BCUT2D eigenvalue weighted by Gasteiger charge is 2.16. The van der Waals surface area contributed by atoms with Crippen molar-refractivity contribution >= 4 is 16.8 Å². The van der Waals surface area contributed by atoms with E-state index in [0.29, 0.717) is 13.1 Å². The van der Waals surface area contributed by atoms with Crippen LogP contribution in [0.25, 0.3) is 10.9 Å². The Labute approximate surface area is 118 Å². The number of fused-ring (bicyclic) bond motifs is 1. The first-order chi connectivity index (χ1) is 9.72. The third-order valence-corrected chi connectivity index (χ3v) is 3.79. The summed E-state index contributed by atoms with van der Waals surface area (Å²) >= 11 is 0. The van der Waals surface area contributed by atoms with Crippen LogP contribution in [0.5, 0.6) is 0 Å². The summed E-state index contributed by atoms with van der Waals surface area (Å²) in [4.78, 5) is 12.0. The Morgan fingerprint density at radius 2 is 2.35 bits per heavy atom. The lowest BCUT2D eigenvalue weighted by molar-refractivity contribution is -0.122. The summed E-state index contributed by atoms with van der Waals surface area (Å²) in [5.41, 5.74) is 2.33. The number of benzene rings is 1. The van der Waals surface area contributed by atoms with Crippen LogP contribution in [0.4, 0.5) is 0 Å². The van der Waals surface area contributed by atoms with Crippen molar-refractivity contribution in [2.45, 2.75) is 32.4 Å². The maximum Gasteiger partial charge on any atom is 0.240 e. The van der Waals surface area contributed by atoms with Gasteiger partial charge in [0.05, 0.1) is 6.10 Å². The van der Waals surface area contributed by atoms with E-state index >= 15 is 0 Å². The zero-order valence-electron chi connectivity index (χ0n) is 11.8. The fourth-order valence-electron chi connectivity index (χ4n) is 2.70. The van der Waals surface area contributed by atoms with Crippen molar-refractivity contribution in [1.82, 2.24) is 9.88 Å². The molecule has 1 aliphatic rings. The molecule has 1 aliphatic heterocycles. The van der Waals surface area contributed by atoms with Crippen molar-refractivity contribution in [3.05, 3.63) is 36.0 Å². The van der Waals surface area contributed by atoms with Gasteiger partial charge in [-0.1, -0.05) is 11.6 Å². The first kappa shape index (κ1) is 13.2. The zero-order chi connectivity index (χ0) is 13.9. The lowest BCUT2D eigenvalue weighted by Gasteiger charge is -2.11. The third-order valence-electron chi connectivity index (χ3n) is 3.79. The van der Waals surface area contributed by atoms with Gasteiger partial charge in [0, 0.05) is 24.9 Å². The van der Waals surface area contributed by atoms with Gasteiger partial charge in [-0.15, -0.1) is 0 Å². The molecule has 1 fully saturated rings. The Morgan fingerprint density at radius 1 is 1.45 bits per heavy atom. The van der Waals surface area contributed by atoms with Crippen LogP contribution in [0.15, 0.2) is 30.5 Å². The van der Waals surface area contributed by atoms with E-state index in [0.717, 1.165) is 25.0 Å². The van der Waals surface area contributed by atoms with Gasteiger partial charge in [0.25, 0.3) is 0 Å². The van der Waals surface area contributed by atoms with Gasteiger partial charge in [-0.2, -0.15) is 0 Å². The standard InChI is InChI=1S/C16H20N2O2/c1-12-4-5-15-13(9-12)6-7-18(15)11-16(19)17-10-14-3-2-8-20-14/h4-7,9,14H,2-3,8,10-11H2,1H3,(H,17,19). The summed E-state index contributed by atoms with van der Waals surface area (Å²) in [5, 5.41) is 4.13. The van der Waals surface area contributed by atoms with E-state index in [1.807, 2.05) is 10.8 Å². The first-order valence-corrected chi connectivity index (χ1v) is 7.16. The SMILES string of the molecule is Cc1ccc2c(ccn2CC(=O)NCC2CCCO2)c1. The van der Waals surface area contributed by atoms with E-state index in [2.05, 4.69) is 36.5 Å². The summed E-state index contributed by atoms with van der Waals surface area (Å²) in [6, 6.07) is 8.33. The van der Waals surface area contributed by atoms with Crippen LogP contribution >= 0.6 is 0 Å². The summed E-state index contributed by atoms with van der Waals surface area (Å²) in [5.74, 6) is 0.0403. The van der Waals surface area contributed by atoms with Crippen molar-refractivity contribution in [3.63, 3.8) is 0 Å². The van der Waals surface area contributed by atoms with Crippen LogP contribution in [0.1, 0.15) is 18.4 Å². The van der Waals surface area contributed by atoms with E-state index in [1.54, 1.807) is 0 Å². The van der Waals surface area contributed by atoms with E-state index in [4.69, 9.17) is 4.74 Å². The van der Waals surface area contributed by atoms with Crippen LogP contribution in [0.3, 0.4) is 0 Å². The van der Waals surface area contributed by atoms with Crippen LogP contribution in [0.2, 0.25) is 0 Å². The molecule has 0 aliphatic carbocycles. The minimum atomic E-state index is 0.0403. The number of rotatable bonds is 4. The molecule has 0 spiro atoms. The van der Waals surface area contributed by atoms with Crippen LogP contribution in [-0.4, -0.2) is 29.7 Å². The van der Waals surface area contributed by atoms with Crippen LogP contribution in [-0.2, 0) is 16.1 Å². The quantitative estimate of drug-likeness (QED) is 0.927. The highest BCUT2D eigenvalue weighted by molar-refractivity contribution is 5.83. The minimum absolute atomic E-state index is 0.0403. The Morgan fingerprint density at radius 3 is 3.15 bits per heavy atom. The lowest BCUT2D eigenvalue weighted by Crippen LogP contribution is -2.33. The second kappa shape index (κ2) is 5.67. The van der Waals surface area contributed by atoms with Crippen molar-refractivity contribution < 1.29 is 9.53 Å². The Bertz CT molecular complexity index is 612. The van der Waals surface area contributed by atoms with Crippen molar-refractivity contribution in [2.24, 2.45) is 0 Å². The number of amides is 1. The molecule has 2 heterocycles. The van der Waals surface area contributed by atoms with E-state index in [-0.39, 0.29) is 12.0 Å². The number of nitrogens with zero attached hydrogens (tertiary/aromatic N) is 1. The van der Waals surface area contributed by atoms with E-state index in [9.17, 15) is 4.79 Å². The number of aromatic nitrogens is 1. The molecule has 1 aromatic heterocycles. The fraction of sp³-hybridized carbons (Fsp3) is 0.438. The predicted octanol–water partition coefficient (Wildman–Crippen LogP) is 2.24. The molecule has 1 aromatic carbocycles. The summed E-state index contributed by atoms with van der Waals surface area (Å²) in [7, 11) is 0. The molecule has 106 valence electrons. The molecule has 0 radical (unpaired) electrons. The van der Waals surface area contributed by atoms with Crippen molar-refractivity contribution in [2.75, 3.05) is 13.2 Å². The number of carbonyl (C=O) groups excluding carboxylic acids is 1. The summed E-state index contributed by atoms with van der Waals surface area (Å²) in [6.45, 7) is 3.88.